The van der Waals surface area contributed by atoms with Crippen molar-refractivity contribution in [3.63, 3.8) is 0 Å². The second kappa shape index (κ2) is 7.96. The van der Waals surface area contributed by atoms with Crippen LogP contribution >= 0.6 is 0 Å². The molecule has 2 aromatic rings. The zero-order valence-electron chi connectivity index (χ0n) is 13.4. The van der Waals surface area contributed by atoms with Gasteiger partial charge in [-0.1, -0.05) is 25.1 Å². The quantitative estimate of drug-likeness (QED) is 0.712. The zero-order chi connectivity index (χ0) is 18.4. The highest BCUT2D eigenvalue weighted by Crippen LogP contribution is 2.18. The number of hydrogen-bond acceptors (Lipinski definition) is 4. The Labute approximate surface area is 143 Å². The molecule has 25 heavy (non-hydrogen) atoms. The summed E-state index contributed by atoms with van der Waals surface area (Å²) in [5, 5.41) is 20.7. The first-order valence-electron chi connectivity index (χ1n) is 7.55. The lowest BCUT2D eigenvalue weighted by Gasteiger charge is -2.17. The zero-order valence-corrected chi connectivity index (χ0v) is 13.4. The molecule has 0 spiro atoms. The van der Waals surface area contributed by atoms with Crippen LogP contribution in [0.1, 0.15) is 34.1 Å². The van der Waals surface area contributed by atoms with Crippen molar-refractivity contribution in [2.24, 2.45) is 0 Å². The van der Waals surface area contributed by atoms with Crippen LogP contribution in [-0.2, 0) is 4.79 Å². The number of nitrogens with one attached hydrogen (secondary N) is 1. The number of carboxylic acids is 2. The number of ether oxygens (including phenoxy) is 1. The molecule has 0 aromatic heterocycles. The van der Waals surface area contributed by atoms with E-state index in [1.165, 1.54) is 12.1 Å². The van der Waals surface area contributed by atoms with Gasteiger partial charge in [-0.05, 0) is 36.8 Å². The molecule has 0 aliphatic rings. The Morgan fingerprint density at radius 1 is 1.00 bits per heavy atom. The fraction of sp³-hybridized carbons (Fsp3) is 0.167. The van der Waals surface area contributed by atoms with Crippen molar-refractivity contribution >= 4 is 23.5 Å². The highest BCUT2D eigenvalue weighted by Gasteiger charge is 2.20. The Morgan fingerprint density at radius 3 is 2.04 bits per heavy atom. The molecule has 0 aliphatic heterocycles. The third kappa shape index (κ3) is 4.81. The maximum absolute atomic E-state index is 12.4. The molecule has 1 amide bonds. The third-order valence-electron chi connectivity index (χ3n) is 3.38. The van der Waals surface area contributed by atoms with Crippen molar-refractivity contribution in [3.8, 4) is 5.75 Å². The number of carboxylic acid groups (broad SMARTS) is 2. The van der Waals surface area contributed by atoms with Gasteiger partial charge in [-0.15, -0.1) is 0 Å². The number of benzene rings is 2. The first-order chi connectivity index (χ1) is 11.9. The minimum Gasteiger partial charge on any atom is -0.481 e. The highest BCUT2D eigenvalue weighted by molar-refractivity contribution is 5.99. The summed E-state index contributed by atoms with van der Waals surface area (Å²) >= 11 is 0. The Balaban J connectivity index is 2.20. The lowest BCUT2D eigenvalue weighted by atomic mass is 10.1. The summed E-state index contributed by atoms with van der Waals surface area (Å²) in [6, 6.07) is 12.2. The summed E-state index contributed by atoms with van der Waals surface area (Å²) in [7, 11) is 0. The molecule has 0 heterocycles. The van der Waals surface area contributed by atoms with Gasteiger partial charge in [0.25, 0.3) is 5.91 Å². The van der Waals surface area contributed by atoms with Gasteiger partial charge in [0.1, 0.15) is 5.75 Å². The van der Waals surface area contributed by atoms with Crippen LogP contribution in [0.4, 0.5) is 5.69 Å². The molecule has 0 bridgehead atoms. The number of amides is 1. The molecule has 0 radical (unpaired) electrons. The summed E-state index contributed by atoms with van der Waals surface area (Å²) in [5.41, 5.74) is -0.378. The Bertz CT molecular complexity index is 755. The van der Waals surface area contributed by atoms with Gasteiger partial charge in [-0.2, -0.15) is 0 Å². The van der Waals surface area contributed by atoms with Gasteiger partial charge in [0, 0.05) is 5.69 Å². The first-order valence-corrected chi connectivity index (χ1v) is 7.55. The average Bonchev–Trinajstić information content (AvgIpc) is 2.60. The van der Waals surface area contributed by atoms with Gasteiger partial charge in [-0.25, -0.2) is 9.59 Å². The smallest absolute Gasteiger partial charge is 0.335 e. The Hall–Kier alpha value is -3.35. The first kappa shape index (κ1) is 18.0. The van der Waals surface area contributed by atoms with Gasteiger partial charge in [-0.3, -0.25) is 4.79 Å². The van der Waals surface area contributed by atoms with E-state index in [9.17, 15) is 14.4 Å². The van der Waals surface area contributed by atoms with Crippen LogP contribution in [0.25, 0.3) is 0 Å². The lowest BCUT2D eigenvalue weighted by Crippen LogP contribution is -2.32. The van der Waals surface area contributed by atoms with Crippen LogP contribution in [0, 0.1) is 0 Å². The van der Waals surface area contributed by atoms with Crippen LogP contribution in [0.5, 0.6) is 5.75 Å². The van der Waals surface area contributed by atoms with E-state index in [2.05, 4.69) is 5.32 Å². The number of hydrogen-bond donors (Lipinski definition) is 3. The predicted molar refractivity (Wildman–Crippen MR) is 90.1 cm³/mol. The highest BCUT2D eigenvalue weighted by atomic mass is 16.5. The molecule has 130 valence electrons. The van der Waals surface area contributed by atoms with Gasteiger partial charge >= 0.3 is 11.9 Å². The van der Waals surface area contributed by atoms with Crippen LogP contribution in [0.3, 0.4) is 0 Å². The summed E-state index contributed by atoms with van der Waals surface area (Å²) in [6.45, 7) is 1.77. The SMILES string of the molecule is CC[C@H](Oc1ccccc1)C(=O)Nc1cc(C(=O)O)cc(C(=O)O)c1. The van der Waals surface area contributed by atoms with E-state index in [4.69, 9.17) is 14.9 Å². The maximum Gasteiger partial charge on any atom is 0.335 e. The molecule has 0 unspecified atom stereocenters. The number of anilines is 1. The monoisotopic (exact) mass is 343 g/mol. The third-order valence-corrected chi connectivity index (χ3v) is 3.38. The van der Waals surface area contributed by atoms with E-state index in [1.54, 1.807) is 31.2 Å². The van der Waals surface area contributed by atoms with Crippen LogP contribution in [-0.4, -0.2) is 34.2 Å². The normalized spacial score (nSPS) is 11.4. The standard InChI is InChI=1S/C18H17NO6/c1-2-15(25-14-6-4-3-5-7-14)16(20)19-13-9-11(17(21)22)8-12(10-13)18(23)24/h3-10,15H,2H2,1H3,(H,19,20)(H,21,22)(H,23,24)/t15-/m0/s1. The molecule has 2 rings (SSSR count). The van der Waals surface area contributed by atoms with Crippen LogP contribution in [0.15, 0.2) is 48.5 Å². The van der Waals surface area contributed by atoms with Crippen molar-refractivity contribution in [3.05, 3.63) is 59.7 Å². The molecule has 7 heteroatoms. The molecule has 0 saturated heterocycles. The van der Waals surface area contributed by atoms with Crippen molar-refractivity contribution in [1.29, 1.82) is 0 Å². The topological polar surface area (TPSA) is 113 Å². The van der Waals surface area contributed by atoms with Gasteiger partial charge in [0.15, 0.2) is 6.10 Å². The number of carbonyl (C=O) groups is 3. The fourth-order valence-corrected chi connectivity index (χ4v) is 2.16. The van der Waals surface area contributed by atoms with E-state index >= 15 is 0 Å². The van der Waals surface area contributed by atoms with E-state index in [0.29, 0.717) is 12.2 Å². The summed E-state index contributed by atoms with van der Waals surface area (Å²) in [5.74, 6) is -2.54. The van der Waals surface area contributed by atoms with Crippen molar-refractivity contribution in [1.82, 2.24) is 0 Å². The molecule has 1 atom stereocenters. The number of carbonyl (C=O) groups excluding carboxylic acids is 1. The van der Waals surface area contributed by atoms with Crippen LogP contribution in [0.2, 0.25) is 0 Å². The molecular formula is C18H17NO6. The maximum atomic E-state index is 12.4. The molecule has 0 fully saturated rings. The van der Waals surface area contributed by atoms with E-state index in [-0.39, 0.29) is 16.8 Å². The molecule has 3 N–H and O–H groups in total. The minimum atomic E-state index is -1.29. The van der Waals surface area contributed by atoms with Crippen molar-refractivity contribution in [2.75, 3.05) is 5.32 Å². The van der Waals surface area contributed by atoms with Gasteiger partial charge < -0.3 is 20.3 Å². The van der Waals surface area contributed by atoms with Crippen molar-refractivity contribution in [2.45, 2.75) is 19.4 Å². The Kier molecular flexibility index (Phi) is 5.73. The molecule has 7 nitrogen and oxygen atoms in total. The summed E-state index contributed by atoms with van der Waals surface area (Å²) in [4.78, 5) is 34.6. The second-order valence-corrected chi connectivity index (χ2v) is 5.23. The van der Waals surface area contributed by atoms with Gasteiger partial charge in [0.05, 0.1) is 11.1 Å². The summed E-state index contributed by atoms with van der Waals surface area (Å²) < 4.78 is 5.61. The number of aromatic carboxylic acids is 2. The fourth-order valence-electron chi connectivity index (χ4n) is 2.16. The largest absolute Gasteiger partial charge is 0.481 e. The predicted octanol–water partition coefficient (Wildman–Crippen LogP) is 2.88. The van der Waals surface area contributed by atoms with E-state index in [0.717, 1.165) is 6.07 Å². The van der Waals surface area contributed by atoms with E-state index in [1.807, 2.05) is 6.07 Å². The van der Waals surface area contributed by atoms with Gasteiger partial charge in [0.2, 0.25) is 0 Å². The molecule has 0 aliphatic carbocycles. The molecular weight excluding hydrogens is 326 g/mol. The van der Waals surface area contributed by atoms with E-state index < -0.39 is 23.9 Å². The summed E-state index contributed by atoms with van der Waals surface area (Å²) in [6.07, 6.45) is -0.422. The lowest BCUT2D eigenvalue weighted by molar-refractivity contribution is -0.122. The van der Waals surface area contributed by atoms with Crippen LogP contribution < -0.4 is 10.1 Å². The second-order valence-electron chi connectivity index (χ2n) is 5.23. The number of para-hydroxylation sites is 1. The minimum absolute atomic E-state index is 0.0809. The molecule has 2 aromatic carbocycles. The Morgan fingerprint density at radius 2 is 1.56 bits per heavy atom. The molecule has 0 saturated carbocycles. The number of rotatable bonds is 7. The average molecular weight is 343 g/mol. The van der Waals surface area contributed by atoms with Crippen molar-refractivity contribution < 1.29 is 29.3 Å².